The molecule has 0 aliphatic heterocycles. The Morgan fingerprint density at radius 1 is 1.12 bits per heavy atom. The van der Waals surface area contributed by atoms with E-state index < -0.39 is 6.10 Å². The van der Waals surface area contributed by atoms with Crippen molar-refractivity contribution < 1.29 is 9.84 Å². The van der Waals surface area contributed by atoms with Gasteiger partial charge in [0.15, 0.2) is 0 Å². The molecule has 0 aliphatic rings. The Balaban J connectivity index is 1.45. The molecule has 0 bridgehead atoms. The second-order valence-electron chi connectivity index (χ2n) is 6.25. The van der Waals surface area contributed by atoms with E-state index in [2.05, 4.69) is 27.8 Å². The Bertz CT molecular complexity index is 788. The van der Waals surface area contributed by atoms with Gasteiger partial charge in [-0.25, -0.2) is 4.68 Å². The van der Waals surface area contributed by atoms with Gasteiger partial charge in [0.05, 0.1) is 5.69 Å². The Kier molecular flexibility index (Phi) is 5.93. The lowest BCUT2D eigenvalue weighted by atomic mass is 10.1. The molecule has 1 heterocycles. The number of aryl methyl sites for hydroxylation is 1. The smallest absolute Gasteiger partial charge is 0.143 e. The molecule has 7 heteroatoms. The van der Waals surface area contributed by atoms with Gasteiger partial charge < -0.3 is 15.2 Å². The number of nitrogens with zero attached hydrogens (tertiary/aromatic N) is 4. The largest absolute Gasteiger partial charge is 0.491 e. The van der Waals surface area contributed by atoms with Crippen LogP contribution in [-0.4, -0.2) is 44.6 Å². The maximum Gasteiger partial charge on any atom is 0.143 e. The number of hydrogen-bond acceptors (Lipinski definition) is 6. The van der Waals surface area contributed by atoms with Gasteiger partial charge in [-0.1, -0.05) is 29.8 Å². The van der Waals surface area contributed by atoms with E-state index in [4.69, 9.17) is 4.74 Å². The number of aliphatic hydroxyl groups is 1. The summed E-state index contributed by atoms with van der Waals surface area (Å²) < 4.78 is 7.21. The second kappa shape index (κ2) is 8.55. The standard InChI is InChI=1S/C19H23N5O2/c1-14-3-9-19(10-4-14)26-12-18(25)11-20-15(2)16-5-7-17(8-6-16)24-13-21-22-23-24/h3-10,13,15,18,20,25H,11-12H2,1-2H3. The Hall–Kier alpha value is -2.77. The summed E-state index contributed by atoms with van der Waals surface area (Å²) in [4.78, 5) is 0. The van der Waals surface area contributed by atoms with Crippen LogP contribution in [0.5, 0.6) is 5.75 Å². The van der Waals surface area contributed by atoms with E-state index in [1.165, 1.54) is 5.56 Å². The normalized spacial score (nSPS) is 13.3. The molecule has 0 amide bonds. The number of aromatic nitrogens is 4. The molecule has 2 atom stereocenters. The van der Waals surface area contributed by atoms with E-state index in [0.717, 1.165) is 17.0 Å². The predicted molar refractivity (Wildman–Crippen MR) is 98.3 cm³/mol. The van der Waals surface area contributed by atoms with Crippen LogP contribution < -0.4 is 10.1 Å². The highest BCUT2D eigenvalue weighted by molar-refractivity contribution is 5.34. The molecule has 2 aromatic carbocycles. The van der Waals surface area contributed by atoms with Crippen molar-refractivity contribution in [1.82, 2.24) is 25.5 Å². The highest BCUT2D eigenvalue weighted by atomic mass is 16.5. The van der Waals surface area contributed by atoms with Crippen LogP contribution in [0.1, 0.15) is 24.1 Å². The van der Waals surface area contributed by atoms with Crippen LogP contribution in [0.25, 0.3) is 5.69 Å². The third-order valence-electron chi connectivity index (χ3n) is 4.13. The third-order valence-corrected chi connectivity index (χ3v) is 4.13. The molecule has 0 fully saturated rings. The number of tetrazole rings is 1. The first kappa shape index (κ1) is 18.0. The van der Waals surface area contributed by atoms with Gasteiger partial charge in [0.2, 0.25) is 0 Å². The van der Waals surface area contributed by atoms with E-state index in [1.807, 2.05) is 55.5 Å². The van der Waals surface area contributed by atoms with Crippen LogP contribution >= 0.6 is 0 Å². The molecule has 3 rings (SSSR count). The Morgan fingerprint density at radius 3 is 2.50 bits per heavy atom. The average Bonchev–Trinajstić information content (AvgIpc) is 3.20. The molecule has 0 spiro atoms. The van der Waals surface area contributed by atoms with Crippen LogP contribution in [0.4, 0.5) is 0 Å². The summed E-state index contributed by atoms with van der Waals surface area (Å²) in [7, 11) is 0. The first-order valence-electron chi connectivity index (χ1n) is 8.56. The minimum Gasteiger partial charge on any atom is -0.491 e. The zero-order valence-electron chi connectivity index (χ0n) is 14.9. The highest BCUT2D eigenvalue weighted by Gasteiger charge is 2.10. The van der Waals surface area contributed by atoms with Crippen molar-refractivity contribution in [3.63, 3.8) is 0 Å². The molecule has 0 aliphatic carbocycles. The summed E-state index contributed by atoms with van der Waals surface area (Å²) in [5, 5.41) is 24.6. The van der Waals surface area contributed by atoms with E-state index in [-0.39, 0.29) is 12.6 Å². The lowest BCUT2D eigenvalue weighted by Crippen LogP contribution is -2.33. The van der Waals surface area contributed by atoms with Crippen LogP contribution in [0.2, 0.25) is 0 Å². The van der Waals surface area contributed by atoms with Crippen molar-refractivity contribution in [2.75, 3.05) is 13.2 Å². The molecule has 136 valence electrons. The van der Waals surface area contributed by atoms with Crippen molar-refractivity contribution in [2.24, 2.45) is 0 Å². The summed E-state index contributed by atoms with van der Waals surface area (Å²) >= 11 is 0. The van der Waals surface area contributed by atoms with E-state index in [0.29, 0.717) is 6.54 Å². The number of ether oxygens (including phenoxy) is 1. The highest BCUT2D eigenvalue weighted by Crippen LogP contribution is 2.15. The zero-order chi connectivity index (χ0) is 18.4. The van der Waals surface area contributed by atoms with Crippen molar-refractivity contribution in [3.8, 4) is 11.4 Å². The summed E-state index contributed by atoms with van der Waals surface area (Å²) in [6, 6.07) is 15.8. The van der Waals surface area contributed by atoms with Crippen LogP contribution in [0.15, 0.2) is 54.9 Å². The molecule has 0 saturated heterocycles. The summed E-state index contributed by atoms with van der Waals surface area (Å²) in [5.41, 5.74) is 3.20. The second-order valence-corrected chi connectivity index (χ2v) is 6.25. The molecular weight excluding hydrogens is 330 g/mol. The third kappa shape index (κ3) is 4.87. The summed E-state index contributed by atoms with van der Waals surface area (Å²) in [5.74, 6) is 0.765. The fourth-order valence-corrected chi connectivity index (χ4v) is 2.51. The summed E-state index contributed by atoms with van der Waals surface area (Å²) in [6.45, 7) is 4.78. The lowest BCUT2D eigenvalue weighted by Gasteiger charge is -2.18. The molecule has 1 aromatic heterocycles. The number of aliphatic hydroxyl groups excluding tert-OH is 1. The van der Waals surface area contributed by atoms with Crippen LogP contribution in [0, 0.1) is 6.92 Å². The molecular formula is C19H23N5O2. The van der Waals surface area contributed by atoms with E-state index in [9.17, 15) is 5.11 Å². The van der Waals surface area contributed by atoms with Gasteiger partial charge >= 0.3 is 0 Å². The molecule has 2 unspecified atom stereocenters. The molecule has 0 radical (unpaired) electrons. The average molecular weight is 353 g/mol. The van der Waals surface area contributed by atoms with Gasteiger partial charge in [-0.2, -0.15) is 0 Å². The SMILES string of the molecule is Cc1ccc(OCC(O)CNC(C)c2ccc(-n3cnnn3)cc2)cc1. The minimum absolute atomic E-state index is 0.104. The van der Waals surface area contributed by atoms with Gasteiger partial charge in [0.1, 0.15) is 24.8 Å². The topological polar surface area (TPSA) is 85.1 Å². The quantitative estimate of drug-likeness (QED) is 0.645. The van der Waals surface area contributed by atoms with Gasteiger partial charge in [-0.15, -0.1) is 5.10 Å². The van der Waals surface area contributed by atoms with Crippen molar-refractivity contribution in [1.29, 1.82) is 0 Å². The zero-order valence-corrected chi connectivity index (χ0v) is 14.9. The molecule has 3 aromatic rings. The maximum absolute atomic E-state index is 10.1. The number of benzene rings is 2. The van der Waals surface area contributed by atoms with Crippen molar-refractivity contribution in [2.45, 2.75) is 26.0 Å². The van der Waals surface area contributed by atoms with Gasteiger partial charge in [-0.3, -0.25) is 0 Å². The molecule has 0 saturated carbocycles. The number of rotatable bonds is 8. The molecule has 7 nitrogen and oxygen atoms in total. The van der Waals surface area contributed by atoms with E-state index in [1.54, 1.807) is 11.0 Å². The lowest BCUT2D eigenvalue weighted by molar-refractivity contribution is 0.104. The van der Waals surface area contributed by atoms with Crippen molar-refractivity contribution >= 4 is 0 Å². The predicted octanol–water partition coefficient (Wildman–Crippen LogP) is 2.06. The Labute approximate surface area is 152 Å². The van der Waals surface area contributed by atoms with Gasteiger partial charge in [0.25, 0.3) is 0 Å². The van der Waals surface area contributed by atoms with Crippen molar-refractivity contribution in [3.05, 3.63) is 66.0 Å². The number of nitrogens with one attached hydrogen (secondary N) is 1. The maximum atomic E-state index is 10.1. The summed E-state index contributed by atoms with van der Waals surface area (Å²) in [6.07, 6.45) is 0.973. The first-order valence-corrected chi connectivity index (χ1v) is 8.56. The fourth-order valence-electron chi connectivity index (χ4n) is 2.51. The molecule has 2 N–H and O–H groups in total. The van der Waals surface area contributed by atoms with Crippen LogP contribution in [-0.2, 0) is 0 Å². The Morgan fingerprint density at radius 2 is 1.85 bits per heavy atom. The minimum atomic E-state index is -0.584. The number of hydrogen-bond donors (Lipinski definition) is 2. The first-order chi connectivity index (χ1) is 12.6. The fraction of sp³-hybridized carbons (Fsp3) is 0.316. The van der Waals surface area contributed by atoms with Gasteiger partial charge in [0, 0.05) is 12.6 Å². The monoisotopic (exact) mass is 353 g/mol. The van der Waals surface area contributed by atoms with Gasteiger partial charge in [-0.05, 0) is 54.1 Å². The van der Waals surface area contributed by atoms with Crippen LogP contribution in [0.3, 0.4) is 0 Å². The van der Waals surface area contributed by atoms with E-state index >= 15 is 0 Å². The molecule has 26 heavy (non-hydrogen) atoms.